The number of benzene rings is 3. The summed E-state index contributed by atoms with van der Waals surface area (Å²) in [6, 6.07) is 29.6. The van der Waals surface area contributed by atoms with Gasteiger partial charge in [0.15, 0.2) is 0 Å². The van der Waals surface area contributed by atoms with Crippen molar-refractivity contribution in [1.29, 1.82) is 5.26 Å². The average molecular weight is 805 g/mol. The Balaban J connectivity index is 0.000000312. The van der Waals surface area contributed by atoms with E-state index >= 15 is 0 Å². The van der Waals surface area contributed by atoms with Gasteiger partial charge in [-0.05, 0) is 158 Å². The average Bonchev–Trinajstić information content (AvgIpc) is 3.92. The number of nitrogens with zero attached hydrogens (tertiary/aromatic N) is 2. The Labute approximate surface area is 345 Å². The van der Waals surface area contributed by atoms with E-state index in [2.05, 4.69) is 138 Å². The first-order valence-electron chi connectivity index (χ1n) is 18.9. The Kier molecular flexibility index (Phi) is 21.9. The van der Waals surface area contributed by atoms with Gasteiger partial charge in [0, 0.05) is 18.7 Å². The first kappa shape index (κ1) is 46.9. The Hall–Kier alpha value is -2.46. The van der Waals surface area contributed by atoms with Gasteiger partial charge in [0.2, 0.25) is 0 Å². The molecule has 2 aliphatic carbocycles. The van der Waals surface area contributed by atoms with E-state index in [0.29, 0.717) is 38.3 Å². The molecule has 7 nitrogen and oxygen atoms in total. The van der Waals surface area contributed by atoms with Crippen LogP contribution in [0.15, 0.2) is 78.9 Å². The SMILES string of the molecule is CC(C)N(C(C)C)P(OCCC#N)OCCC[C]1[CH][CH][CH][CH]1.COc1ccc(C(OCCC[C]2[CH][CH][CH][CH]2)(c2ccccc2)c2ccc(OC)cc2)cc1.[Fe+2]. The van der Waals surface area contributed by atoms with E-state index in [1.807, 2.05) is 30.3 Å². The van der Waals surface area contributed by atoms with Gasteiger partial charge in [-0.1, -0.05) is 54.6 Å². The molecule has 0 aromatic heterocycles. The minimum absolute atomic E-state index is 0. The van der Waals surface area contributed by atoms with Gasteiger partial charge in [0.05, 0.1) is 39.9 Å². The number of rotatable bonds is 21. The van der Waals surface area contributed by atoms with Crippen LogP contribution < -0.4 is 9.47 Å². The Morgan fingerprint density at radius 1 is 0.618 bits per heavy atom. The predicted molar refractivity (Wildman–Crippen MR) is 219 cm³/mol. The van der Waals surface area contributed by atoms with E-state index in [9.17, 15) is 0 Å². The molecule has 0 heterocycles. The van der Waals surface area contributed by atoms with E-state index in [1.165, 1.54) is 11.8 Å². The molecule has 0 saturated heterocycles. The predicted octanol–water partition coefficient (Wildman–Crippen LogP) is 10.7. The summed E-state index contributed by atoms with van der Waals surface area (Å²) < 4.78 is 31.8. The second kappa shape index (κ2) is 25.7. The summed E-state index contributed by atoms with van der Waals surface area (Å²) in [6.45, 7) is 10.3. The van der Waals surface area contributed by atoms with E-state index < -0.39 is 14.1 Å². The van der Waals surface area contributed by atoms with Gasteiger partial charge in [-0.25, -0.2) is 4.67 Å². The summed E-state index contributed by atoms with van der Waals surface area (Å²) in [7, 11) is 2.27. The molecule has 292 valence electrons. The second-order valence-electron chi connectivity index (χ2n) is 13.5. The first-order valence-corrected chi connectivity index (χ1v) is 20.1. The minimum Gasteiger partial charge on any atom is -0.497 e. The zero-order chi connectivity index (χ0) is 38.6. The summed E-state index contributed by atoms with van der Waals surface area (Å²) in [5.41, 5.74) is 2.46. The van der Waals surface area contributed by atoms with Gasteiger partial charge < -0.3 is 23.3 Å². The van der Waals surface area contributed by atoms with Crippen LogP contribution in [0.2, 0.25) is 0 Å². The molecular formula is C46H57FeN2O5P+2. The molecule has 1 unspecified atom stereocenters. The van der Waals surface area contributed by atoms with Crippen molar-refractivity contribution in [3.63, 3.8) is 0 Å². The van der Waals surface area contributed by atoms with Crippen LogP contribution in [0.5, 0.6) is 11.5 Å². The summed E-state index contributed by atoms with van der Waals surface area (Å²) >= 11 is 0. The maximum absolute atomic E-state index is 8.68. The molecule has 0 aliphatic heterocycles. The smallest absolute Gasteiger partial charge is 0.497 e. The fourth-order valence-corrected chi connectivity index (χ4v) is 8.10. The standard InChI is InChI=1S/C29H29O3.C17H28N2O2P.Fe/c1-30-27-18-14-25(15-19-27)29(24-12-4-3-5-13-24,26-16-20-28(31-2)21-17-26)32-22-8-11-23-9-6-7-10-23;1-15(2)19(16(3)4)22(21-14-8-12-18)20-13-7-11-17-9-5-6-10-17;/h3-7,9-10,12-21H,8,11,22H2,1-2H3;5-6,9-10,15-16H,7-8,11,13-14H2,1-4H3;/q;;+2. The van der Waals surface area contributed by atoms with Crippen molar-refractivity contribution in [2.24, 2.45) is 0 Å². The minimum atomic E-state index is -1.10. The fourth-order valence-electron chi connectivity index (χ4n) is 6.47. The second-order valence-corrected chi connectivity index (χ2v) is 15.0. The van der Waals surface area contributed by atoms with Crippen molar-refractivity contribution in [2.45, 2.75) is 77.5 Å². The molecule has 9 heteroatoms. The maximum atomic E-state index is 8.68. The first-order chi connectivity index (χ1) is 26.3. The van der Waals surface area contributed by atoms with Crippen molar-refractivity contribution in [3.8, 4) is 17.6 Å². The van der Waals surface area contributed by atoms with Gasteiger partial charge in [0.1, 0.15) is 17.1 Å². The number of nitriles is 1. The summed E-state index contributed by atoms with van der Waals surface area (Å²) in [5, 5.41) is 8.68. The third kappa shape index (κ3) is 14.5. The van der Waals surface area contributed by atoms with Crippen molar-refractivity contribution < 1.29 is 40.3 Å². The van der Waals surface area contributed by atoms with Crippen molar-refractivity contribution >= 4 is 8.53 Å². The Morgan fingerprint density at radius 3 is 1.49 bits per heavy atom. The molecule has 55 heavy (non-hydrogen) atoms. The van der Waals surface area contributed by atoms with Crippen LogP contribution in [-0.2, 0) is 36.5 Å². The quantitative estimate of drug-likeness (QED) is 0.0459. The van der Waals surface area contributed by atoms with Crippen molar-refractivity contribution in [3.05, 3.63) is 159 Å². The topological polar surface area (TPSA) is 73.2 Å². The molecule has 2 fully saturated rings. The van der Waals surface area contributed by atoms with Crippen LogP contribution in [-0.4, -0.2) is 50.8 Å². The molecule has 2 aliphatic rings. The van der Waals surface area contributed by atoms with Crippen molar-refractivity contribution in [2.75, 3.05) is 34.0 Å². The van der Waals surface area contributed by atoms with Crippen LogP contribution in [0.1, 0.15) is 76.5 Å². The van der Waals surface area contributed by atoms with Crippen LogP contribution in [0.4, 0.5) is 0 Å². The Bertz CT molecular complexity index is 1420. The molecule has 0 N–H and O–H groups in total. The van der Waals surface area contributed by atoms with Crippen LogP contribution in [0.25, 0.3) is 0 Å². The van der Waals surface area contributed by atoms with Gasteiger partial charge in [0.25, 0.3) is 8.53 Å². The van der Waals surface area contributed by atoms with Gasteiger partial charge in [-0.15, -0.1) is 0 Å². The third-order valence-electron chi connectivity index (χ3n) is 9.04. The molecule has 10 radical (unpaired) electrons. The summed E-state index contributed by atoms with van der Waals surface area (Å²) in [6.07, 6.45) is 21.2. The molecule has 5 rings (SSSR count). The summed E-state index contributed by atoms with van der Waals surface area (Å²) in [4.78, 5) is 0. The largest absolute Gasteiger partial charge is 2.00 e. The summed E-state index contributed by atoms with van der Waals surface area (Å²) in [5.74, 6) is 4.33. The van der Waals surface area contributed by atoms with Gasteiger partial charge >= 0.3 is 17.1 Å². The number of ether oxygens (including phenoxy) is 3. The number of methoxy groups -OCH3 is 2. The molecule has 0 amide bonds. The molecule has 0 bridgehead atoms. The van der Waals surface area contributed by atoms with Crippen LogP contribution in [0, 0.1) is 74.5 Å². The normalized spacial score (nSPS) is 15.4. The zero-order valence-electron chi connectivity index (χ0n) is 33.2. The van der Waals surface area contributed by atoms with Crippen LogP contribution >= 0.6 is 8.53 Å². The van der Waals surface area contributed by atoms with Crippen LogP contribution in [0.3, 0.4) is 0 Å². The third-order valence-corrected chi connectivity index (χ3v) is 11.1. The van der Waals surface area contributed by atoms with Gasteiger partial charge in [-0.2, -0.15) is 5.26 Å². The van der Waals surface area contributed by atoms with Crippen molar-refractivity contribution in [1.82, 2.24) is 4.67 Å². The number of hydrogen-bond donors (Lipinski definition) is 0. The Morgan fingerprint density at radius 2 is 1.05 bits per heavy atom. The fraction of sp³-hybridized carbons (Fsp3) is 0.370. The van der Waals surface area contributed by atoms with E-state index in [4.69, 9.17) is 28.5 Å². The molecule has 3 aromatic carbocycles. The molecular weight excluding hydrogens is 747 g/mol. The molecule has 0 spiro atoms. The molecule has 1 atom stereocenters. The monoisotopic (exact) mass is 804 g/mol. The zero-order valence-corrected chi connectivity index (χ0v) is 35.2. The molecule has 3 aromatic rings. The maximum Gasteiger partial charge on any atom is 2.00 e. The van der Waals surface area contributed by atoms with E-state index in [-0.39, 0.29) is 17.1 Å². The van der Waals surface area contributed by atoms with Gasteiger partial charge in [-0.3, -0.25) is 0 Å². The van der Waals surface area contributed by atoms with E-state index in [0.717, 1.165) is 53.9 Å². The number of hydrogen-bond acceptors (Lipinski definition) is 7. The van der Waals surface area contributed by atoms with E-state index in [1.54, 1.807) is 14.2 Å². The molecule has 2 saturated carbocycles.